The lowest BCUT2D eigenvalue weighted by Gasteiger charge is -2.23. The number of pyridine rings is 1. The molecule has 1 aromatic rings. The molecule has 96 valence electrons. The van der Waals surface area contributed by atoms with Crippen LogP contribution in [0.1, 0.15) is 17.7 Å². The summed E-state index contributed by atoms with van der Waals surface area (Å²) < 4.78 is 13.5. The van der Waals surface area contributed by atoms with E-state index in [-0.39, 0.29) is 5.69 Å². The SMILES string of the molecule is O=C(O)N1CC=C(c2cnc(CO)c(F)c2)CC1. The second-order valence-corrected chi connectivity index (χ2v) is 4.02. The summed E-state index contributed by atoms with van der Waals surface area (Å²) in [4.78, 5) is 15.8. The molecule has 1 aliphatic rings. The molecular weight excluding hydrogens is 239 g/mol. The number of amides is 1. The zero-order chi connectivity index (χ0) is 13.1. The van der Waals surface area contributed by atoms with E-state index in [1.807, 2.05) is 0 Å². The van der Waals surface area contributed by atoms with Crippen LogP contribution in [0.25, 0.3) is 5.57 Å². The topological polar surface area (TPSA) is 73.7 Å². The van der Waals surface area contributed by atoms with Gasteiger partial charge in [-0.3, -0.25) is 4.98 Å². The fourth-order valence-electron chi connectivity index (χ4n) is 1.86. The highest BCUT2D eigenvalue weighted by atomic mass is 19.1. The highest BCUT2D eigenvalue weighted by Gasteiger charge is 2.17. The van der Waals surface area contributed by atoms with Crippen molar-refractivity contribution in [1.29, 1.82) is 0 Å². The van der Waals surface area contributed by atoms with Gasteiger partial charge in [-0.05, 0) is 23.6 Å². The molecule has 1 amide bonds. The van der Waals surface area contributed by atoms with Crippen molar-refractivity contribution in [2.24, 2.45) is 0 Å². The Kier molecular flexibility index (Phi) is 3.57. The third-order valence-corrected chi connectivity index (χ3v) is 2.92. The molecule has 0 radical (unpaired) electrons. The third kappa shape index (κ3) is 2.48. The molecular formula is C12H13FN2O3. The van der Waals surface area contributed by atoms with Gasteiger partial charge in [0.15, 0.2) is 0 Å². The van der Waals surface area contributed by atoms with Crippen LogP contribution >= 0.6 is 0 Å². The molecule has 6 heteroatoms. The Hall–Kier alpha value is -1.95. The van der Waals surface area contributed by atoms with Crippen molar-refractivity contribution in [3.63, 3.8) is 0 Å². The van der Waals surface area contributed by atoms with Crippen LogP contribution in [0, 0.1) is 5.82 Å². The summed E-state index contributed by atoms with van der Waals surface area (Å²) in [6.45, 7) is 0.260. The minimum Gasteiger partial charge on any atom is -0.465 e. The van der Waals surface area contributed by atoms with Gasteiger partial charge in [-0.1, -0.05) is 6.08 Å². The van der Waals surface area contributed by atoms with Gasteiger partial charge >= 0.3 is 6.09 Å². The van der Waals surface area contributed by atoms with Crippen LogP contribution in [0.5, 0.6) is 0 Å². The molecule has 0 aromatic carbocycles. The van der Waals surface area contributed by atoms with Crippen LogP contribution in [-0.2, 0) is 6.61 Å². The van der Waals surface area contributed by atoms with E-state index < -0.39 is 18.5 Å². The van der Waals surface area contributed by atoms with E-state index in [1.54, 1.807) is 6.08 Å². The minimum atomic E-state index is -0.953. The van der Waals surface area contributed by atoms with Crippen LogP contribution in [0.3, 0.4) is 0 Å². The Labute approximate surface area is 103 Å². The summed E-state index contributed by atoms with van der Waals surface area (Å²) in [6, 6.07) is 1.32. The molecule has 0 saturated heterocycles. The van der Waals surface area contributed by atoms with Crippen LogP contribution in [-0.4, -0.2) is 39.3 Å². The molecule has 2 rings (SSSR count). The Morgan fingerprint density at radius 3 is 2.83 bits per heavy atom. The van der Waals surface area contributed by atoms with Crippen molar-refractivity contribution >= 4 is 11.7 Å². The van der Waals surface area contributed by atoms with Crippen molar-refractivity contribution in [2.45, 2.75) is 13.0 Å². The molecule has 5 nitrogen and oxygen atoms in total. The zero-order valence-electron chi connectivity index (χ0n) is 9.64. The van der Waals surface area contributed by atoms with E-state index in [2.05, 4.69) is 4.98 Å². The van der Waals surface area contributed by atoms with Gasteiger partial charge in [0.1, 0.15) is 11.5 Å². The molecule has 0 fully saturated rings. The summed E-state index contributed by atoms with van der Waals surface area (Å²) in [5, 5.41) is 17.6. The number of rotatable bonds is 2. The van der Waals surface area contributed by atoms with Gasteiger partial charge in [-0.25, -0.2) is 9.18 Å². The number of aliphatic hydroxyl groups is 1. The minimum absolute atomic E-state index is 0.0160. The Morgan fingerprint density at radius 1 is 1.56 bits per heavy atom. The first-order valence-corrected chi connectivity index (χ1v) is 5.54. The molecule has 18 heavy (non-hydrogen) atoms. The summed E-state index contributed by atoms with van der Waals surface area (Å²) >= 11 is 0. The average Bonchev–Trinajstić information content (AvgIpc) is 2.38. The van der Waals surface area contributed by atoms with Crippen molar-refractivity contribution in [1.82, 2.24) is 9.88 Å². The van der Waals surface area contributed by atoms with Crippen LogP contribution in [0.15, 0.2) is 18.3 Å². The van der Waals surface area contributed by atoms with Gasteiger partial charge in [0.25, 0.3) is 0 Å². The first-order valence-electron chi connectivity index (χ1n) is 5.54. The quantitative estimate of drug-likeness (QED) is 0.836. The normalized spacial score (nSPS) is 15.4. The van der Waals surface area contributed by atoms with E-state index in [0.717, 1.165) is 5.57 Å². The molecule has 0 spiro atoms. The third-order valence-electron chi connectivity index (χ3n) is 2.92. The molecule has 1 aromatic heterocycles. The highest BCUT2D eigenvalue weighted by Crippen LogP contribution is 2.23. The number of aliphatic hydroxyl groups excluding tert-OH is 1. The molecule has 2 N–H and O–H groups in total. The molecule has 2 heterocycles. The molecule has 0 atom stereocenters. The zero-order valence-corrected chi connectivity index (χ0v) is 9.64. The van der Waals surface area contributed by atoms with Crippen LogP contribution in [0.2, 0.25) is 0 Å². The van der Waals surface area contributed by atoms with Crippen LogP contribution < -0.4 is 0 Å². The van der Waals surface area contributed by atoms with Gasteiger partial charge in [-0.2, -0.15) is 0 Å². The second-order valence-electron chi connectivity index (χ2n) is 4.02. The van der Waals surface area contributed by atoms with Gasteiger partial charge in [0.05, 0.1) is 6.61 Å². The van der Waals surface area contributed by atoms with Gasteiger partial charge in [0, 0.05) is 19.3 Å². The number of hydrogen-bond donors (Lipinski definition) is 2. The van der Waals surface area contributed by atoms with Gasteiger partial charge in [-0.15, -0.1) is 0 Å². The maximum atomic E-state index is 13.5. The lowest BCUT2D eigenvalue weighted by molar-refractivity contribution is 0.150. The molecule has 0 unspecified atom stereocenters. The molecule has 0 aliphatic carbocycles. The molecule has 1 aliphatic heterocycles. The lowest BCUT2D eigenvalue weighted by atomic mass is 10.0. The number of nitrogens with zero attached hydrogens (tertiary/aromatic N) is 2. The monoisotopic (exact) mass is 252 g/mol. The van der Waals surface area contributed by atoms with Gasteiger partial charge < -0.3 is 15.1 Å². The van der Waals surface area contributed by atoms with E-state index in [1.165, 1.54) is 17.2 Å². The summed E-state index contributed by atoms with van der Waals surface area (Å²) in [6.07, 6.45) is 2.83. The summed E-state index contributed by atoms with van der Waals surface area (Å²) in [7, 11) is 0. The Bertz CT molecular complexity index is 502. The highest BCUT2D eigenvalue weighted by molar-refractivity contribution is 5.71. The van der Waals surface area contributed by atoms with Crippen molar-refractivity contribution in [2.75, 3.05) is 13.1 Å². The second kappa shape index (κ2) is 5.14. The fourth-order valence-corrected chi connectivity index (χ4v) is 1.86. The number of carbonyl (C=O) groups is 1. The maximum Gasteiger partial charge on any atom is 0.407 e. The lowest BCUT2D eigenvalue weighted by Crippen LogP contribution is -2.33. The standard InChI is InChI=1S/C12H13FN2O3/c13-10-5-9(6-14-11(10)7-16)8-1-3-15(4-2-8)12(17)18/h1,5-6,16H,2-4,7H2,(H,17,18). The fraction of sp³-hybridized carbons (Fsp3) is 0.333. The van der Waals surface area contributed by atoms with Crippen molar-refractivity contribution < 1.29 is 19.4 Å². The predicted octanol–water partition coefficient (Wildman–Crippen LogP) is 1.48. The van der Waals surface area contributed by atoms with Gasteiger partial charge in [0.2, 0.25) is 0 Å². The largest absolute Gasteiger partial charge is 0.465 e. The van der Waals surface area contributed by atoms with E-state index in [0.29, 0.717) is 25.1 Å². The Balaban J connectivity index is 2.18. The smallest absolute Gasteiger partial charge is 0.407 e. The first kappa shape index (κ1) is 12.5. The molecule has 0 bridgehead atoms. The van der Waals surface area contributed by atoms with Crippen LogP contribution in [0.4, 0.5) is 9.18 Å². The van der Waals surface area contributed by atoms with E-state index >= 15 is 0 Å². The predicted molar refractivity (Wildman–Crippen MR) is 62.3 cm³/mol. The van der Waals surface area contributed by atoms with Crippen molar-refractivity contribution in [3.05, 3.63) is 35.4 Å². The van der Waals surface area contributed by atoms with Crippen molar-refractivity contribution in [3.8, 4) is 0 Å². The first-order chi connectivity index (χ1) is 8.61. The van der Waals surface area contributed by atoms with E-state index in [9.17, 15) is 9.18 Å². The number of aromatic nitrogens is 1. The average molecular weight is 252 g/mol. The summed E-state index contributed by atoms with van der Waals surface area (Å²) in [5.74, 6) is -0.545. The number of hydrogen-bond acceptors (Lipinski definition) is 3. The van der Waals surface area contributed by atoms with E-state index in [4.69, 9.17) is 10.2 Å². The number of carboxylic acid groups (broad SMARTS) is 1. The maximum absolute atomic E-state index is 13.5. The molecule has 0 saturated carbocycles. The number of halogens is 1. The Morgan fingerprint density at radius 2 is 2.33 bits per heavy atom. The summed E-state index contributed by atoms with van der Waals surface area (Å²) in [5.41, 5.74) is 1.53.